The predicted molar refractivity (Wildman–Crippen MR) is 109 cm³/mol. The summed E-state index contributed by atoms with van der Waals surface area (Å²) in [6, 6.07) is 7.40. The van der Waals surface area contributed by atoms with Crippen LogP contribution in [-0.4, -0.2) is 36.3 Å². The Labute approximate surface area is 167 Å². The van der Waals surface area contributed by atoms with Crippen molar-refractivity contribution in [3.8, 4) is 0 Å². The highest BCUT2D eigenvalue weighted by Crippen LogP contribution is 2.21. The van der Waals surface area contributed by atoms with E-state index < -0.39 is 0 Å². The Bertz CT molecular complexity index is 676. The molecule has 0 atom stereocenters. The number of carbonyl (C=O) groups excluding carboxylic acids is 2. The second-order valence-electron chi connectivity index (χ2n) is 7.61. The van der Waals surface area contributed by atoms with Crippen LogP contribution in [0.4, 0.5) is 0 Å². The molecular formula is C22H29ClN2O2. The van der Waals surface area contributed by atoms with E-state index in [2.05, 4.69) is 11.4 Å². The van der Waals surface area contributed by atoms with E-state index in [4.69, 9.17) is 11.6 Å². The van der Waals surface area contributed by atoms with E-state index in [1.54, 1.807) is 0 Å². The maximum absolute atomic E-state index is 12.5. The number of nitrogens with zero attached hydrogens (tertiary/aromatic N) is 1. The lowest BCUT2D eigenvalue weighted by molar-refractivity contribution is -0.135. The first-order chi connectivity index (χ1) is 13.1. The van der Waals surface area contributed by atoms with Crippen LogP contribution in [0.15, 0.2) is 35.9 Å². The first kappa shape index (κ1) is 19.9. The smallest absolute Gasteiger partial charge is 0.226 e. The van der Waals surface area contributed by atoms with Crippen molar-refractivity contribution in [1.29, 1.82) is 0 Å². The number of hydrogen-bond acceptors (Lipinski definition) is 2. The molecule has 0 spiro atoms. The van der Waals surface area contributed by atoms with Gasteiger partial charge in [-0.25, -0.2) is 0 Å². The summed E-state index contributed by atoms with van der Waals surface area (Å²) in [5.74, 6) is 0.307. The van der Waals surface area contributed by atoms with Gasteiger partial charge in [0.15, 0.2) is 0 Å². The molecule has 0 saturated carbocycles. The van der Waals surface area contributed by atoms with Crippen LogP contribution in [0.2, 0.25) is 5.02 Å². The number of allylic oxidation sites excluding steroid dienone is 1. The van der Waals surface area contributed by atoms with Gasteiger partial charge in [0.25, 0.3) is 0 Å². The number of amides is 2. The van der Waals surface area contributed by atoms with Crippen LogP contribution in [0, 0.1) is 5.92 Å². The molecule has 1 saturated heterocycles. The quantitative estimate of drug-likeness (QED) is 0.745. The zero-order valence-electron chi connectivity index (χ0n) is 15.9. The van der Waals surface area contributed by atoms with Crippen LogP contribution in [0.3, 0.4) is 0 Å². The highest BCUT2D eigenvalue weighted by Gasteiger charge is 2.27. The molecule has 146 valence electrons. The molecule has 0 bridgehead atoms. The van der Waals surface area contributed by atoms with Crippen molar-refractivity contribution in [3.05, 3.63) is 46.5 Å². The van der Waals surface area contributed by atoms with Crippen molar-refractivity contribution in [2.45, 2.75) is 51.4 Å². The third kappa shape index (κ3) is 6.10. The fraction of sp³-hybridized carbons (Fsp3) is 0.545. The van der Waals surface area contributed by atoms with Crippen molar-refractivity contribution >= 4 is 23.4 Å². The van der Waals surface area contributed by atoms with Crippen molar-refractivity contribution in [3.63, 3.8) is 0 Å². The van der Waals surface area contributed by atoms with Gasteiger partial charge in [-0.05, 0) is 62.6 Å². The summed E-state index contributed by atoms with van der Waals surface area (Å²) in [4.78, 5) is 26.7. The number of nitrogens with one attached hydrogen (secondary N) is 1. The lowest BCUT2D eigenvalue weighted by Crippen LogP contribution is -2.43. The van der Waals surface area contributed by atoms with E-state index in [1.807, 2.05) is 29.2 Å². The van der Waals surface area contributed by atoms with Crippen LogP contribution in [0.1, 0.15) is 50.5 Å². The normalized spacial score (nSPS) is 18.1. The maximum atomic E-state index is 12.5. The molecule has 1 aliphatic heterocycles. The van der Waals surface area contributed by atoms with E-state index in [0.717, 1.165) is 31.4 Å². The summed E-state index contributed by atoms with van der Waals surface area (Å²) >= 11 is 5.89. The zero-order chi connectivity index (χ0) is 19.1. The summed E-state index contributed by atoms with van der Waals surface area (Å²) in [5, 5.41) is 3.77. The van der Waals surface area contributed by atoms with Gasteiger partial charge >= 0.3 is 0 Å². The fourth-order valence-electron chi connectivity index (χ4n) is 3.90. The summed E-state index contributed by atoms with van der Waals surface area (Å²) in [6.07, 6.45) is 10.2. The molecule has 0 radical (unpaired) electrons. The Morgan fingerprint density at radius 3 is 2.52 bits per heavy atom. The van der Waals surface area contributed by atoms with Crippen LogP contribution in [0.5, 0.6) is 0 Å². The molecule has 0 unspecified atom stereocenters. The molecule has 1 fully saturated rings. The minimum atomic E-state index is 0.0323. The van der Waals surface area contributed by atoms with Crippen molar-refractivity contribution in [2.75, 3.05) is 19.6 Å². The molecule has 0 aromatic heterocycles. The Morgan fingerprint density at radius 1 is 1.11 bits per heavy atom. The van der Waals surface area contributed by atoms with Crippen LogP contribution >= 0.6 is 11.6 Å². The van der Waals surface area contributed by atoms with Gasteiger partial charge in [-0.2, -0.15) is 0 Å². The van der Waals surface area contributed by atoms with Gasteiger partial charge < -0.3 is 10.2 Å². The van der Waals surface area contributed by atoms with E-state index in [0.29, 0.717) is 24.5 Å². The number of carbonyl (C=O) groups is 2. The molecule has 27 heavy (non-hydrogen) atoms. The number of hydrogen-bond donors (Lipinski definition) is 1. The Hall–Kier alpha value is -1.81. The minimum absolute atomic E-state index is 0.0323. The van der Waals surface area contributed by atoms with Gasteiger partial charge in [0.2, 0.25) is 11.8 Å². The maximum Gasteiger partial charge on any atom is 0.226 e. The Kier molecular flexibility index (Phi) is 7.33. The van der Waals surface area contributed by atoms with Crippen molar-refractivity contribution < 1.29 is 9.59 Å². The second kappa shape index (κ2) is 9.93. The van der Waals surface area contributed by atoms with Gasteiger partial charge in [0.1, 0.15) is 0 Å². The molecule has 5 heteroatoms. The lowest BCUT2D eigenvalue weighted by atomic mass is 9.94. The molecule has 1 aliphatic carbocycles. The summed E-state index contributed by atoms with van der Waals surface area (Å²) < 4.78 is 0. The number of likely N-dealkylation sites (tertiary alicyclic amines) is 1. The average Bonchev–Trinajstić information content (AvgIpc) is 2.70. The highest BCUT2D eigenvalue weighted by molar-refractivity contribution is 6.30. The molecule has 2 amide bonds. The van der Waals surface area contributed by atoms with Gasteiger partial charge in [-0.1, -0.05) is 35.4 Å². The zero-order valence-corrected chi connectivity index (χ0v) is 16.6. The number of benzene rings is 1. The third-order valence-electron chi connectivity index (χ3n) is 5.62. The number of piperidine rings is 1. The topological polar surface area (TPSA) is 49.4 Å². The monoisotopic (exact) mass is 388 g/mol. The number of rotatable bonds is 6. The van der Waals surface area contributed by atoms with E-state index >= 15 is 0 Å². The molecule has 1 aromatic rings. The van der Waals surface area contributed by atoms with E-state index in [1.165, 1.54) is 31.3 Å². The first-order valence-corrected chi connectivity index (χ1v) is 10.5. The Morgan fingerprint density at radius 2 is 1.85 bits per heavy atom. The average molecular weight is 389 g/mol. The molecule has 1 heterocycles. The second-order valence-corrected chi connectivity index (χ2v) is 8.04. The molecule has 2 aliphatic rings. The SMILES string of the molecule is O=C(NCCC1=CCCCC1)C1CCN(C(=O)Cc2ccc(Cl)cc2)CC1. The van der Waals surface area contributed by atoms with Gasteiger partial charge in [-0.3, -0.25) is 9.59 Å². The van der Waals surface area contributed by atoms with Crippen molar-refractivity contribution in [2.24, 2.45) is 5.92 Å². The van der Waals surface area contributed by atoms with Gasteiger partial charge in [0, 0.05) is 30.6 Å². The summed E-state index contributed by atoms with van der Waals surface area (Å²) in [7, 11) is 0. The third-order valence-corrected chi connectivity index (χ3v) is 5.87. The Balaban J connectivity index is 1.37. The van der Waals surface area contributed by atoms with Gasteiger partial charge in [-0.15, -0.1) is 0 Å². The molecule has 4 nitrogen and oxygen atoms in total. The predicted octanol–water partition coefficient (Wildman–Crippen LogP) is 4.13. The fourth-order valence-corrected chi connectivity index (χ4v) is 4.03. The van der Waals surface area contributed by atoms with E-state index in [9.17, 15) is 9.59 Å². The number of halogens is 1. The van der Waals surface area contributed by atoms with Crippen molar-refractivity contribution in [1.82, 2.24) is 10.2 Å². The van der Waals surface area contributed by atoms with Crippen LogP contribution in [-0.2, 0) is 16.0 Å². The van der Waals surface area contributed by atoms with Crippen LogP contribution in [0.25, 0.3) is 0 Å². The standard InChI is InChI=1S/C22H29ClN2O2/c23-20-8-6-18(7-9-20)16-21(26)25-14-11-19(12-15-25)22(27)24-13-10-17-4-2-1-3-5-17/h4,6-9,19H,1-3,5,10-16H2,(H,24,27). The highest BCUT2D eigenvalue weighted by atomic mass is 35.5. The largest absolute Gasteiger partial charge is 0.356 e. The van der Waals surface area contributed by atoms with Gasteiger partial charge in [0.05, 0.1) is 6.42 Å². The van der Waals surface area contributed by atoms with E-state index in [-0.39, 0.29) is 17.7 Å². The first-order valence-electron chi connectivity index (χ1n) is 10.1. The lowest BCUT2D eigenvalue weighted by Gasteiger charge is -2.31. The molecule has 3 rings (SSSR count). The minimum Gasteiger partial charge on any atom is -0.356 e. The molecular weight excluding hydrogens is 360 g/mol. The molecule has 1 N–H and O–H groups in total. The molecule has 1 aromatic carbocycles. The van der Waals surface area contributed by atoms with Crippen LogP contribution < -0.4 is 5.32 Å². The summed E-state index contributed by atoms with van der Waals surface area (Å²) in [6.45, 7) is 2.06. The summed E-state index contributed by atoms with van der Waals surface area (Å²) in [5.41, 5.74) is 2.46.